The summed E-state index contributed by atoms with van der Waals surface area (Å²) in [6.45, 7) is 4.18. The molecule has 3 heteroatoms. The number of hydrogen-bond acceptors (Lipinski definition) is 2. The molecule has 1 aromatic heterocycles. The van der Waals surface area contributed by atoms with Gasteiger partial charge in [-0.15, -0.1) is 0 Å². The van der Waals surface area contributed by atoms with E-state index in [0.29, 0.717) is 5.25 Å². The van der Waals surface area contributed by atoms with E-state index in [1.165, 1.54) is 11.8 Å². The zero-order valence-corrected chi connectivity index (χ0v) is 10.3. The molecule has 0 fully saturated rings. The molecule has 1 unspecified atom stereocenters. The Kier molecular flexibility index (Phi) is 3.34. The summed E-state index contributed by atoms with van der Waals surface area (Å²) in [5, 5.41) is 1.64. The Morgan fingerprint density at radius 1 is 1.44 bits per heavy atom. The highest BCUT2D eigenvalue weighted by molar-refractivity contribution is 8.14. The van der Waals surface area contributed by atoms with E-state index < -0.39 is 0 Å². The van der Waals surface area contributed by atoms with Gasteiger partial charge in [-0.05, 0) is 30.7 Å². The van der Waals surface area contributed by atoms with Crippen molar-refractivity contribution in [1.29, 1.82) is 0 Å². The predicted molar refractivity (Wildman–Crippen MR) is 70.0 cm³/mol. The minimum Gasteiger partial charge on any atom is -0.361 e. The van der Waals surface area contributed by atoms with Crippen molar-refractivity contribution in [2.75, 3.05) is 0 Å². The van der Waals surface area contributed by atoms with Gasteiger partial charge >= 0.3 is 0 Å². The summed E-state index contributed by atoms with van der Waals surface area (Å²) in [6, 6.07) is 7.78. The predicted octanol–water partition coefficient (Wildman–Crippen LogP) is 3.84. The van der Waals surface area contributed by atoms with Gasteiger partial charge in [0, 0.05) is 27.9 Å². The Balaban J connectivity index is 2.22. The van der Waals surface area contributed by atoms with Gasteiger partial charge in [-0.2, -0.15) is 0 Å². The molecule has 2 aromatic rings. The van der Waals surface area contributed by atoms with E-state index in [2.05, 4.69) is 18.8 Å². The molecule has 0 aliphatic heterocycles. The van der Waals surface area contributed by atoms with Crippen LogP contribution in [-0.4, -0.2) is 15.3 Å². The number of rotatable bonds is 3. The molecule has 1 N–H and O–H groups in total. The van der Waals surface area contributed by atoms with Crippen molar-refractivity contribution in [2.45, 2.75) is 25.5 Å². The molecule has 0 aliphatic rings. The lowest BCUT2D eigenvalue weighted by Gasteiger charge is -2.06. The van der Waals surface area contributed by atoms with Crippen LogP contribution in [0.4, 0.5) is 0 Å². The molecule has 0 aliphatic carbocycles. The van der Waals surface area contributed by atoms with Gasteiger partial charge in [-0.3, -0.25) is 4.79 Å². The Morgan fingerprint density at radius 2 is 2.25 bits per heavy atom. The zero-order valence-electron chi connectivity index (χ0n) is 9.49. The van der Waals surface area contributed by atoms with Crippen molar-refractivity contribution >= 4 is 27.8 Å². The summed E-state index contributed by atoms with van der Waals surface area (Å²) in [5.74, 6) is 0. The van der Waals surface area contributed by atoms with Crippen molar-refractivity contribution in [2.24, 2.45) is 0 Å². The van der Waals surface area contributed by atoms with Crippen molar-refractivity contribution in [3.05, 3.63) is 36.0 Å². The number of fused-ring (bicyclic) bond motifs is 1. The largest absolute Gasteiger partial charge is 0.361 e. The molecule has 1 heterocycles. The van der Waals surface area contributed by atoms with Crippen LogP contribution >= 0.6 is 11.8 Å². The first-order chi connectivity index (χ1) is 7.70. The van der Waals surface area contributed by atoms with Gasteiger partial charge in [0.15, 0.2) is 0 Å². The summed E-state index contributed by atoms with van der Waals surface area (Å²) in [6.07, 6.45) is 2.91. The number of aromatic nitrogens is 1. The molecule has 0 saturated carbocycles. The quantitative estimate of drug-likeness (QED) is 0.873. The molecule has 84 valence electrons. The zero-order chi connectivity index (χ0) is 11.5. The molecule has 0 amide bonds. The highest BCUT2D eigenvalue weighted by atomic mass is 32.2. The first-order valence-electron chi connectivity index (χ1n) is 5.49. The molecule has 2 nitrogen and oxygen atoms in total. The Labute approximate surface area is 99.4 Å². The first kappa shape index (κ1) is 11.3. The number of carbonyl (C=O) groups excluding carboxylic acids is 1. The molecule has 0 saturated heterocycles. The summed E-state index contributed by atoms with van der Waals surface area (Å²) < 4.78 is 0. The lowest BCUT2D eigenvalue weighted by Crippen LogP contribution is -2.01. The number of carbonyl (C=O) groups is 1. The second kappa shape index (κ2) is 4.74. The molecule has 2 rings (SSSR count). The van der Waals surface area contributed by atoms with Gasteiger partial charge in [0.05, 0.1) is 0 Å². The fourth-order valence-corrected chi connectivity index (χ4v) is 2.31. The molecule has 0 spiro atoms. The Bertz CT molecular complexity index is 503. The number of H-pyrrole nitrogens is 1. The fourth-order valence-electron chi connectivity index (χ4n) is 1.51. The maximum absolute atomic E-state index is 11.9. The standard InChI is InChI=1S/C13H15NOS/c1-3-9(2)16-13(15)11-4-5-12-10(8-11)6-7-14-12/h4-9,14H,3H2,1-2H3. The van der Waals surface area contributed by atoms with Crippen molar-refractivity contribution in [1.82, 2.24) is 4.98 Å². The van der Waals surface area contributed by atoms with E-state index in [-0.39, 0.29) is 5.12 Å². The molecular weight excluding hydrogens is 218 g/mol. The number of aromatic amines is 1. The molecular formula is C13H15NOS. The molecule has 16 heavy (non-hydrogen) atoms. The molecule has 1 atom stereocenters. The molecule has 0 radical (unpaired) electrons. The Hall–Kier alpha value is -1.22. The highest BCUT2D eigenvalue weighted by Gasteiger charge is 2.11. The number of nitrogens with one attached hydrogen (secondary N) is 1. The summed E-state index contributed by atoms with van der Waals surface area (Å²) in [7, 11) is 0. The lowest BCUT2D eigenvalue weighted by atomic mass is 10.2. The van der Waals surface area contributed by atoms with E-state index in [9.17, 15) is 4.79 Å². The average Bonchev–Trinajstić information content (AvgIpc) is 2.75. The SMILES string of the molecule is CCC(C)SC(=O)c1ccc2[nH]ccc2c1. The van der Waals surface area contributed by atoms with Crippen LogP contribution in [0.2, 0.25) is 0 Å². The normalized spacial score (nSPS) is 12.9. The molecule has 1 aromatic carbocycles. The topological polar surface area (TPSA) is 32.9 Å². The van der Waals surface area contributed by atoms with Crippen molar-refractivity contribution in [3.63, 3.8) is 0 Å². The van der Waals surface area contributed by atoms with Crippen LogP contribution < -0.4 is 0 Å². The van der Waals surface area contributed by atoms with E-state index in [0.717, 1.165) is 22.9 Å². The third kappa shape index (κ3) is 2.30. The van der Waals surface area contributed by atoms with Crippen LogP contribution in [0.5, 0.6) is 0 Å². The van der Waals surface area contributed by atoms with Gasteiger partial charge in [-0.1, -0.05) is 25.6 Å². The maximum Gasteiger partial charge on any atom is 0.219 e. The van der Waals surface area contributed by atoms with Crippen LogP contribution in [0.1, 0.15) is 30.6 Å². The third-order valence-corrected chi connectivity index (χ3v) is 3.86. The van der Waals surface area contributed by atoms with E-state index >= 15 is 0 Å². The third-order valence-electron chi connectivity index (χ3n) is 2.67. The van der Waals surface area contributed by atoms with E-state index in [4.69, 9.17) is 0 Å². The molecule has 0 bridgehead atoms. The van der Waals surface area contributed by atoms with Crippen LogP contribution in [-0.2, 0) is 0 Å². The Morgan fingerprint density at radius 3 is 3.00 bits per heavy atom. The van der Waals surface area contributed by atoms with Gasteiger partial charge in [0.2, 0.25) is 5.12 Å². The maximum atomic E-state index is 11.9. The van der Waals surface area contributed by atoms with Gasteiger partial charge < -0.3 is 4.98 Å². The second-order valence-electron chi connectivity index (χ2n) is 3.90. The highest BCUT2D eigenvalue weighted by Crippen LogP contribution is 2.22. The van der Waals surface area contributed by atoms with Crippen molar-refractivity contribution < 1.29 is 4.79 Å². The first-order valence-corrected chi connectivity index (χ1v) is 6.37. The lowest BCUT2D eigenvalue weighted by molar-refractivity contribution is 0.108. The summed E-state index contributed by atoms with van der Waals surface area (Å²) in [5.41, 5.74) is 1.86. The minimum atomic E-state index is 0.164. The smallest absolute Gasteiger partial charge is 0.219 e. The van der Waals surface area contributed by atoms with Crippen LogP contribution in [0, 0.1) is 0 Å². The van der Waals surface area contributed by atoms with Crippen LogP contribution in [0.3, 0.4) is 0 Å². The van der Waals surface area contributed by atoms with Gasteiger partial charge in [0.1, 0.15) is 0 Å². The summed E-state index contributed by atoms with van der Waals surface area (Å²) >= 11 is 1.41. The second-order valence-corrected chi connectivity index (χ2v) is 5.32. The van der Waals surface area contributed by atoms with Crippen molar-refractivity contribution in [3.8, 4) is 0 Å². The van der Waals surface area contributed by atoms with Gasteiger partial charge in [0.25, 0.3) is 0 Å². The minimum absolute atomic E-state index is 0.164. The number of thioether (sulfide) groups is 1. The number of hydrogen-bond donors (Lipinski definition) is 1. The monoisotopic (exact) mass is 233 g/mol. The van der Waals surface area contributed by atoms with Gasteiger partial charge in [-0.25, -0.2) is 0 Å². The van der Waals surface area contributed by atoms with E-state index in [1.54, 1.807) is 0 Å². The number of benzene rings is 1. The van der Waals surface area contributed by atoms with Crippen LogP contribution in [0.25, 0.3) is 10.9 Å². The summed E-state index contributed by atoms with van der Waals surface area (Å²) in [4.78, 5) is 15.1. The fraction of sp³-hybridized carbons (Fsp3) is 0.308. The van der Waals surface area contributed by atoms with Crippen LogP contribution in [0.15, 0.2) is 30.5 Å². The average molecular weight is 233 g/mol. The van der Waals surface area contributed by atoms with E-state index in [1.807, 2.05) is 30.5 Å².